The van der Waals surface area contributed by atoms with Crippen LogP contribution in [-0.4, -0.2) is 33.7 Å². The molecular weight excluding hydrogens is 296 g/mol. The van der Waals surface area contributed by atoms with Gasteiger partial charge in [0.1, 0.15) is 5.60 Å². The summed E-state index contributed by atoms with van der Waals surface area (Å²) in [4.78, 5) is 6.67. The maximum Gasteiger partial charge on any atom is 0.123 e. The van der Waals surface area contributed by atoms with Crippen LogP contribution < -0.4 is 0 Å². The smallest absolute Gasteiger partial charge is 0.123 e. The fraction of sp³-hybridized carbons (Fsp3) is 0.571. The van der Waals surface area contributed by atoms with Gasteiger partial charge in [-0.05, 0) is 64.6 Å². The van der Waals surface area contributed by atoms with Crippen LogP contribution in [0.1, 0.15) is 64.5 Å². The maximum absolute atomic E-state index is 10.4. The Labute approximate surface area is 146 Å². The molecule has 1 aromatic heterocycles. The molecule has 0 aliphatic carbocycles. The van der Waals surface area contributed by atoms with Gasteiger partial charge in [-0.3, -0.25) is 9.88 Å². The van der Waals surface area contributed by atoms with Crippen molar-refractivity contribution in [1.29, 1.82) is 0 Å². The number of likely N-dealkylation sites (tertiary alicyclic amines) is 1. The summed E-state index contributed by atoms with van der Waals surface area (Å²) in [5.41, 5.74) is 1.65. The van der Waals surface area contributed by atoms with Crippen molar-refractivity contribution in [2.24, 2.45) is 0 Å². The zero-order valence-electron chi connectivity index (χ0n) is 15.3. The molecule has 130 valence electrons. The van der Waals surface area contributed by atoms with Crippen molar-refractivity contribution in [3.05, 3.63) is 41.7 Å². The Morgan fingerprint density at radius 2 is 2.29 bits per heavy atom. The van der Waals surface area contributed by atoms with E-state index in [4.69, 9.17) is 0 Å². The Hall–Kier alpha value is -1.63. The normalized spacial score (nSPS) is 20.6. The predicted octanol–water partition coefficient (Wildman–Crippen LogP) is 4.11. The highest BCUT2D eigenvalue weighted by molar-refractivity contribution is 5.18. The molecule has 3 nitrogen and oxygen atoms in total. The molecular formula is C21H30N2O. The van der Waals surface area contributed by atoms with E-state index in [9.17, 15) is 5.11 Å². The van der Waals surface area contributed by atoms with Gasteiger partial charge in [-0.15, -0.1) is 0 Å². The summed E-state index contributed by atoms with van der Waals surface area (Å²) >= 11 is 0. The predicted molar refractivity (Wildman–Crippen MR) is 99.5 cm³/mol. The van der Waals surface area contributed by atoms with E-state index >= 15 is 0 Å². The first-order chi connectivity index (χ1) is 11.5. The van der Waals surface area contributed by atoms with Gasteiger partial charge in [-0.1, -0.05) is 36.0 Å². The molecule has 1 aliphatic rings. The molecule has 1 saturated heterocycles. The van der Waals surface area contributed by atoms with Crippen LogP contribution in [0.4, 0.5) is 0 Å². The first kappa shape index (κ1) is 18.7. The van der Waals surface area contributed by atoms with Crippen molar-refractivity contribution >= 4 is 0 Å². The van der Waals surface area contributed by atoms with Gasteiger partial charge in [-0.25, -0.2) is 0 Å². The topological polar surface area (TPSA) is 36.4 Å². The standard InChI is InChI=1S/C21H30N2O/c1-18(2)9-6-12-21(3,24)13-8-16-23-15-5-4-11-20(23)19-10-7-14-22-17-19/h7,9-10,14,17,20,24H,4-6,11-12,15-16H2,1-3H3/t20-,21+/m1/s1. The molecule has 0 radical (unpaired) electrons. The zero-order valence-corrected chi connectivity index (χ0v) is 15.3. The molecule has 3 heteroatoms. The number of hydrogen-bond acceptors (Lipinski definition) is 3. The molecule has 1 N–H and O–H groups in total. The third-order valence-corrected chi connectivity index (χ3v) is 4.51. The minimum Gasteiger partial charge on any atom is -0.378 e. The van der Waals surface area contributed by atoms with Crippen LogP contribution in [0, 0.1) is 11.8 Å². The molecule has 0 aromatic carbocycles. The van der Waals surface area contributed by atoms with Crippen LogP contribution in [0.3, 0.4) is 0 Å². The molecule has 0 amide bonds. The van der Waals surface area contributed by atoms with E-state index in [-0.39, 0.29) is 0 Å². The average molecular weight is 326 g/mol. The fourth-order valence-corrected chi connectivity index (χ4v) is 3.17. The first-order valence-corrected chi connectivity index (χ1v) is 8.98. The molecule has 2 atom stereocenters. The lowest BCUT2D eigenvalue weighted by Crippen LogP contribution is -2.34. The Morgan fingerprint density at radius 3 is 3.00 bits per heavy atom. The van der Waals surface area contributed by atoms with Gasteiger partial charge >= 0.3 is 0 Å². The second-order valence-electron chi connectivity index (χ2n) is 7.16. The molecule has 0 bridgehead atoms. The second kappa shape index (κ2) is 9.01. The summed E-state index contributed by atoms with van der Waals surface area (Å²) in [6.45, 7) is 7.74. The number of aromatic nitrogens is 1. The Morgan fingerprint density at radius 1 is 1.46 bits per heavy atom. The number of allylic oxidation sites excluding steroid dienone is 2. The van der Waals surface area contributed by atoms with Gasteiger partial charge in [0, 0.05) is 18.4 Å². The SMILES string of the molecule is CC(C)=CCC[C@](C)(O)C#CCN1CCCC[C@@H]1c1cccnc1. The summed E-state index contributed by atoms with van der Waals surface area (Å²) in [5, 5.41) is 10.4. The lowest BCUT2D eigenvalue weighted by Gasteiger charge is -2.34. The Bertz CT molecular complexity index is 591. The Kier molecular flexibility index (Phi) is 7.02. The molecule has 0 spiro atoms. The number of rotatable bonds is 5. The van der Waals surface area contributed by atoms with Gasteiger partial charge in [-0.2, -0.15) is 0 Å². The van der Waals surface area contributed by atoms with Gasteiger partial charge in [0.25, 0.3) is 0 Å². The lowest BCUT2D eigenvalue weighted by atomic mass is 9.96. The monoisotopic (exact) mass is 326 g/mol. The quantitative estimate of drug-likeness (QED) is 0.653. The molecule has 1 fully saturated rings. The minimum atomic E-state index is -0.911. The van der Waals surface area contributed by atoms with Crippen molar-refractivity contribution in [2.45, 2.75) is 64.5 Å². The summed E-state index contributed by atoms with van der Waals surface area (Å²) in [5.74, 6) is 6.29. The van der Waals surface area contributed by atoms with E-state index in [1.165, 1.54) is 24.0 Å². The van der Waals surface area contributed by atoms with Crippen molar-refractivity contribution in [3.8, 4) is 11.8 Å². The second-order valence-corrected chi connectivity index (χ2v) is 7.16. The third-order valence-electron chi connectivity index (χ3n) is 4.51. The van der Waals surface area contributed by atoms with Crippen molar-refractivity contribution < 1.29 is 5.11 Å². The summed E-state index contributed by atoms with van der Waals surface area (Å²) < 4.78 is 0. The summed E-state index contributed by atoms with van der Waals surface area (Å²) in [6.07, 6.45) is 11.1. The van der Waals surface area contributed by atoms with Gasteiger partial charge < -0.3 is 5.11 Å². The van der Waals surface area contributed by atoms with Gasteiger partial charge in [0.2, 0.25) is 0 Å². The number of nitrogens with zero attached hydrogens (tertiary/aromatic N) is 2. The van der Waals surface area contributed by atoms with Gasteiger partial charge in [0.05, 0.1) is 6.54 Å². The molecule has 0 saturated carbocycles. The molecule has 2 rings (SSSR count). The fourth-order valence-electron chi connectivity index (χ4n) is 3.17. The maximum atomic E-state index is 10.4. The summed E-state index contributed by atoms with van der Waals surface area (Å²) in [6, 6.07) is 4.55. The molecule has 1 aromatic rings. The highest BCUT2D eigenvalue weighted by Gasteiger charge is 2.23. The molecule has 1 aliphatic heterocycles. The highest BCUT2D eigenvalue weighted by atomic mass is 16.3. The molecule has 2 heterocycles. The van der Waals surface area contributed by atoms with Crippen LogP contribution in [-0.2, 0) is 0 Å². The molecule has 24 heavy (non-hydrogen) atoms. The number of aliphatic hydroxyl groups is 1. The van der Waals surface area contributed by atoms with Gasteiger partial charge in [0.15, 0.2) is 0 Å². The number of piperidine rings is 1. The van der Waals surface area contributed by atoms with E-state index < -0.39 is 5.60 Å². The largest absolute Gasteiger partial charge is 0.378 e. The third kappa shape index (κ3) is 6.11. The average Bonchev–Trinajstić information content (AvgIpc) is 2.55. The minimum absolute atomic E-state index is 0.400. The number of pyridine rings is 1. The summed E-state index contributed by atoms with van der Waals surface area (Å²) in [7, 11) is 0. The molecule has 0 unspecified atom stereocenters. The van der Waals surface area contributed by atoms with E-state index in [0.717, 1.165) is 19.4 Å². The van der Waals surface area contributed by atoms with E-state index in [2.05, 4.69) is 47.7 Å². The van der Waals surface area contributed by atoms with Crippen LogP contribution in [0.15, 0.2) is 36.2 Å². The van der Waals surface area contributed by atoms with Crippen LogP contribution in [0.5, 0.6) is 0 Å². The number of hydrogen-bond donors (Lipinski definition) is 1. The lowest BCUT2D eigenvalue weighted by molar-refractivity contribution is 0.113. The highest BCUT2D eigenvalue weighted by Crippen LogP contribution is 2.29. The van der Waals surface area contributed by atoms with Crippen LogP contribution in [0.2, 0.25) is 0 Å². The van der Waals surface area contributed by atoms with E-state index in [0.29, 0.717) is 19.0 Å². The van der Waals surface area contributed by atoms with Crippen molar-refractivity contribution in [1.82, 2.24) is 9.88 Å². The van der Waals surface area contributed by atoms with Crippen molar-refractivity contribution in [3.63, 3.8) is 0 Å². The van der Waals surface area contributed by atoms with E-state index in [1.807, 2.05) is 25.4 Å². The van der Waals surface area contributed by atoms with Crippen LogP contribution in [0.25, 0.3) is 0 Å². The first-order valence-electron chi connectivity index (χ1n) is 8.98. The van der Waals surface area contributed by atoms with E-state index in [1.54, 1.807) is 0 Å². The zero-order chi connectivity index (χ0) is 17.4. The Balaban J connectivity index is 1.95. The van der Waals surface area contributed by atoms with Crippen LogP contribution >= 0.6 is 0 Å². The van der Waals surface area contributed by atoms with Crippen molar-refractivity contribution in [2.75, 3.05) is 13.1 Å².